The van der Waals surface area contributed by atoms with E-state index in [1.54, 1.807) is 6.07 Å². The van der Waals surface area contributed by atoms with Crippen molar-refractivity contribution in [2.24, 2.45) is 0 Å². The molecule has 0 fully saturated rings. The van der Waals surface area contributed by atoms with Crippen molar-refractivity contribution in [2.75, 3.05) is 13.7 Å². The van der Waals surface area contributed by atoms with Crippen LogP contribution in [0.15, 0.2) is 24.3 Å². The highest BCUT2D eigenvalue weighted by atomic mass is 19.4. The Kier molecular flexibility index (Phi) is 5.82. The van der Waals surface area contributed by atoms with E-state index in [0.717, 1.165) is 6.07 Å². The molecule has 108 valence electrons. The van der Waals surface area contributed by atoms with Crippen molar-refractivity contribution in [1.82, 2.24) is 5.32 Å². The number of hydrogen-bond donors (Lipinski definition) is 1. The first-order valence-electron chi connectivity index (χ1n) is 6.37. The van der Waals surface area contributed by atoms with Gasteiger partial charge in [-0.05, 0) is 24.6 Å². The van der Waals surface area contributed by atoms with E-state index in [2.05, 4.69) is 5.32 Å². The van der Waals surface area contributed by atoms with Gasteiger partial charge >= 0.3 is 6.18 Å². The second-order valence-corrected chi connectivity index (χ2v) is 4.30. The van der Waals surface area contributed by atoms with Crippen LogP contribution in [0.1, 0.15) is 37.4 Å². The minimum atomic E-state index is -4.35. The Balaban J connectivity index is 3.22. The Hall–Kier alpha value is -1.07. The second kappa shape index (κ2) is 6.91. The van der Waals surface area contributed by atoms with Gasteiger partial charge < -0.3 is 10.1 Å². The fourth-order valence-corrected chi connectivity index (χ4v) is 2.23. The molecule has 2 unspecified atom stereocenters. The number of likely N-dealkylation sites (N-methyl/N-ethyl adjacent to an activating group) is 1. The highest BCUT2D eigenvalue weighted by Crippen LogP contribution is 2.36. The summed E-state index contributed by atoms with van der Waals surface area (Å²) >= 11 is 0. The van der Waals surface area contributed by atoms with Gasteiger partial charge in [0.1, 0.15) is 0 Å². The van der Waals surface area contributed by atoms with Crippen molar-refractivity contribution >= 4 is 0 Å². The van der Waals surface area contributed by atoms with Crippen molar-refractivity contribution in [3.05, 3.63) is 35.4 Å². The average molecular weight is 275 g/mol. The van der Waals surface area contributed by atoms with Crippen LogP contribution in [0.5, 0.6) is 0 Å². The predicted molar refractivity (Wildman–Crippen MR) is 68.9 cm³/mol. The van der Waals surface area contributed by atoms with E-state index in [9.17, 15) is 13.2 Å². The summed E-state index contributed by atoms with van der Waals surface area (Å²) in [6.07, 6.45) is -4.00. The van der Waals surface area contributed by atoms with Gasteiger partial charge in [-0.25, -0.2) is 0 Å². The third-order valence-corrected chi connectivity index (χ3v) is 3.10. The molecule has 1 aromatic carbocycles. The van der Waals surface area contributed by atoms with Crippen LogP contribution in [0.2, 0.25) is 0 Å². The number of alkyl halides is 3. The Morgan fingerprint density at radius 2 is 1.84 bits per heavy atom. The SMILES string of the molecule is CCNC(c1ccccc1C(F)(F)F)C(CC)OC. The summed E-state index contributed by atoms with van der Waals surface area (Å²) < 4.78 is 44.5. The molecule has 0 radical (unpaired) electrons. The van der Waals surface area contributed by atoms with E-state index in [-0.39, 0.29) is 11.7 Å². The van der Waals surface area contributed by atoms with Gasteiger partial charge in [-0.15, -0.1) is 0 Å². The molecule has 2 nitrogen and oxygen atoms in total. The number of halogens is 3. The largest absolute Gasteiger partial charge is 0.416 e. The van der Waals surface area contributed by atoms with Crippen molar-refractivity contribution in [1.29, 1.82) is 0 Å². The van der Waals surface area contributed by atoms with Crippen LogP contribution < -0.4 is 5.32 Å². The molecule has 0 aliphatic rings. The van der Waals surface area contributed by atoms with Crippen LogP contribution in [0.3, 0.4) is 0 Å². The van der Waals surface area contributed by atoms with Gasteiger partial charge in [-0.1, -0.05) is 32.0 Å². The average Bonchev–Trinajstić information content (AvgIpc) is 2.38. The monoisotopic (exact) mass is 275 g/mol. The molecular weight excluding hydrogens is 255 g/mol. The molecule has 1 aromatic rings. The number of benzene rings is 1. The van der Waals surface area contributed by atoms with Crippen LogP contribution in [-0.4, -0.2) is 19.8 Å². The predicted octanol–water partition coefficient (Wildman–Crippen LogP) is 3.78. The molecule has 0 aliphatic heterocycles. The van der Waals surface area contributed by atoms with Crippen molar-refractivity contribution in [3.63, 3.8) is 0 Å². The molecule has 0 aromatic heterocycles. The summed E-state index contributed by atoms with van der Waals surface area (Å²) in [5.74, 6) is 0. The first-order valence-corrected chi connectivity index (χ1v) is 6.37. The van der Waals surface area contributed by atoms with E-state index < -0.39 is 17.8 Å². The Morgan fingerprint density at radius 1 is 1.21 bits per heavy atom. The molecule has 0 spiro atoms. The van der Waals surface area contributed by atoms with Crippen LogP contribution in [0.25, 0.3) is 0 Å². The molecule has 2 atom stereocenters. The maximum atomic E-state index is 13.1. The smallest absolute Gasteiger partial charge is 0.379 e. The number of nitrogens with one attached hydrogen (secondary N) is 1. The third-order valence-electron chi connectivity index (χ3n) is 3.10. The molecule has 0 bridgehead atoms. The van der Waals surface area contributed by atoms with Gasteiger partial charge in [0.25, 0.3) is 0 Å². The third kappa shape index (κ3) is 3.94. The van der Waals surface area contributed by atoms with Crippen LogP contribution in [0, 0.1) is 0 Å². The van der Waals surface area contributed by atoms with Gasteiger partial charge in [0.05, 0.1) is 17.7 Å². The first kappa shape index (κ1) is 16.0. The van der Waals surface area contributed by atoms with Crippen LogP contribution in [0.4, 0.5) is 13.2 Å². The molecule has 0 saturated heterocycles. The molecule has 5 heteroatoms. The Bertz CT molecular complexity index is 389. The van der Waals surface area contributed by atoms with Crippen LogP contribution >= 0.6 is 0 Å². The summed E-state index contributed by atoms with van der Waals surface area (Å²) in [4.78, 5) is 0. The standard InChI is InChI=1S/C14H20F3NO/c1-4-12(19-3)13(18-5-2)10-8-6-7-9-11(10)14(15,16)17/h6-9,12-13,18H,4-5H2,1-3H3. The van der Waals surface area contributed by atoms with Crippen molar-refractivity contribution in [3.8, 4) is 0 Å². The molecule has 1 rings (SSSR count). The van der Waals surface area contributed by atoms with Gasteiger partial charge in [0, 0.05) is 7.11 Å². The topological polar surface area (TPSA) is 21.3 Å². The lowest BCUT2D eigenvalue weighted by atomic mass is 9.94. The van der Waals surface area contributed by atoms with E-state index in [4.69, 9.17) is 4.74 Å². The number of ether oxygens (including phenoxy) is 1. The summed E-state index contributed by atoms with van der Waals surface area (Å²) in [6.45, 7) is 4.34. The molecule has 0 saturated carbocycles. The lowest BCUT2D eigenvalue weighted by molar-refractivity contribution is -0.138. The van der Waals surface area contributed by atoms with Gasteiger partial charge in [-0.2, -0.15) is 13.2 Å². The van der Waals surface area contributed by atoms with E-state index in [0.29, 0.717) is 13.0 Å². The first-order chi connectivity index (χ1) is 8.95. The molecule has 0 amide bonds. The minimum Gasteiger partial charge on any atom is -0.379 e. The molecule has 19 heavy (non-hydrogen) atoms. The highest BCUT2D eigenvalue weighted by molar-refractivity contribution is 5.33. The van der Waals surface area contributed by atoms with Gasteiger partial charge in [0.2, 0.25) is 0 Å². The quantitative estimate of drug-likeness (QED) is 0.853. The molecule has 1 N–H and O–H groups in total. The summed E-state index contributed by atoms with van der Waals surface area (Å²) in [5, 5.41) is 3.09. The highest BCUT2D eigenvalue weighted by Gasteiger charge is 2.36. The number of hydrogen-bond acceptors (Lipinski definition) is 2. The van der Waals surface area contributed by atoms with Crippen LogP contribution in [-0.2, 0) is 10.9 Å². The fraction of sp³-hybridized carbons (Fsp3) is 0.571. The maximum absolute atomic E-state index is 13.1. The number of methoxy groups -OCH3 is 1. The van der Waals surface area contributed by atoms with E-state index in [1.807, 2.05) is 13.8 Å². The van der Waals surface area contributed by atoms with E-state index >= 15 is 0 Å². The zero-order valence-corrected chi connectivity index (χ0v) is 11.4. The second-order valence-electron chi connectivity index (χ2n) is 4.30. The van der Waals surface area contributed by atoms with Gasteiger partial charge in [0.15, 0.2) is 0 Å². The fourth-order valence-electron chi connectivity index (χ4n) is 2.23. The minimum absolute atomic E-state index is 0.241. The Labute approximate surface area is 112 Å². The zero-order chi connectivity index (χ0) is 14.5. The van der Waals surface area contributed by atoms with Gasteiger partial charge in [-0.3, -0.25) is 0 Å². The normalized spacial score (nSPS) is 15.3. The van der Waals surface area contributed by atoms with E-state index in [1.165, 1.54) is 19.2 Å². The lowest BCUT2D eigenvalue weighted by Gasteiger charge is -2.28. The zero-order valence-electron chi connectivity index (χ0n) is 11.4. The molecule has 0 aliphatic carbocycles. The van der Waals surface area contributed by atoms with Crippen molar-refractivity contribution in [2.45, 2.75) is 38.6 Å². The molecular formula is C14H20F3NO. The summed E-state index contributed by atoms with van der Waals surface area (Å²) in [6, 6.07) is 5.19. The summed E-state index contributed by atoms with van der Waals surface area (Å²) in [7, 11) is 1.52. The maximum Gasteiger partial charge on any atom is 0.416 e. The Morgan fingerprint density at radius 3 is 2.32 bits per heavy atom. The van der Waals surface area contributed by atoms with Crippen molar-refractivity contribution < 1.29 is 17.9 Å². The molecule has 0 heterocycles. The number of rotatable bonds is 6. The lowest BCUT2D eigenvalue weighted by Crippen LogP contribution is -2.34. The summed E-state index contributed by atoms with van der Waals surface area (Å²) in [5.41, 5.74) is -0.359.